The molecule has 0 radical (unpaired) electrons. The summed E-state index contributed by atoms with van der Waals surface area (Å²) in [5, 5.41) is 5.76. The molecule has 2 amide bonds. The number of hydrogen-bond donors (Lipinski definition) is 2. The highest BCUT2D eigenvalue weighted by molar-refractivity contribution is 5.96. The minimum absolute atomic E-state index is 0.0746. The molecule has 2 rings (SSSR count). The summed E-state index contributed by atoms with van der Waals surface area (Å²) in [6.45, 7) is 4.00. The Morgan fingerprint density at radius 2 is 1.89 bits per heavy atom. The Morgan fingerprint density at radius 3 is 2.42 bits per heavy atom. The van der Waals surface area contributed by atoms with Gasteiger partial charge in [-0.15, -0.1) is 0 Å². The maximum atomic E-state index is 11.9. The molecule has 1 saturated carbocycles. The topological polar surface area (TPSA) is 58.2 Å². The lowest BCUT2D eigenvalue weighted by Gasteiger charge is -2.11. The molecule has 1 aromatic rings. The van der Waals surface area contributed by atoms with Gasteiger partial charge >= 0.3 is 0 Å². The van der Waals surface area contributed by atoms with Gasteiger partial charge in [0.25, 0.3) is 5.91 Å². The first kappa shape index (κ1) is 13.6. The number of carbonyl (C=O) groups is 2. The predicted octanol–water partition coefficient (Wildman–Crippen LogP) is 2.56. The molecule has 19 heavy (non-hydrogen) atoms. The minimum Gasteiger partial charge on any atom is -0.350 e. The van der Waals surface area contributed by atoms with Crippen molar-refractivity contribution < 1.29 is 9.59 Å². The Labute approximate surface area is 113 Å². The Kier molecular flexibility index (Phi) is 4.20. The molecule has 1 atom stereocenters. The molecule has 4 heteroatoms. The Bertz CT molecular complexity index is 464. The molecule has 0 saturated heterocycles. The van der Waals surface area contributed by atoms with Crippen LogP contribution in [0.15, 0.2) is 24.3 Å². The van der Waals surface area contributed by atoms with Crippen molar-refractivity contribution in [1.82, 2.24) is 5.32 Å². The van der Waals surface area contributed by atoms with Crippen molar-refractivity contribution in [2.24, 2.45) is 5.92 Å². The Balaban J connectivity index is 1.93. The lowest BCUT2D eigenvalue weighted by atomic mass is 10.1. The molecule has 0 heterocycles. The minimum atomic E-state index is -0.0746. The number of anilines is 1. The highest BCUT2D eigenvalue weighted by Gasteiger charge is 2.29. The maximum absolute atomic E-state index is 11.9. The van der Waals surface area contributed by atoms with Crippen LogP contribution in [0.5, 0.6) is 0 Å². The van der Waals surface area contributed by atoms with Gasteiger partial charge in [0.05, 0.1) is 0 Å². The van der Waals surface area contributed by atoms with Gasteiger partial charge < -0.3 is 10.6 Å². The molecular formula is C15H20N2O2. The third kappa shape index (κ3) is 3.81. The number of nitrogens with one attached hydrogen (secondary N) is 2. The van der Waals surface area contributed by atoms with E-state index in [2.05, 4.69) is 10.6 Å². The van der Waals surface area contributed by atoms with Crippen molar-refractivity contribution in [2.45, 2.75) is 39.2 Å². The zero-order valence-corrected chi connectivity index (χ0v) is 11.4. The first-order valence-electron chi connectivity index (χ1n) is 6.82. The van der Waals surface area contributed by atoms with E-state index in [0.717, 1.165) is 24.9 Å². The summed E-state index contributed by atoms with van der Waals surface area (Å²) < 4.78 is 0. The second-order valence-electron chi connectivity index (χ2n) is 5.12. The van der Waals surface area contributed by atoms with Crippen LogP contribution in [0.4, 0.5) is 5.69 Å². The summed E-state index contributed by atoms with van der Waals surface area (Å²) in [5.74, 6) is 0.194. The largest absolute Gasteiger partial charge is 0.350 e. The van der Waals surface area contributed by atoms with Crippen LogP contribution < -0.4 is 10.6 Å². The second-order valence-corrected chi connectivity index (χ2v) is 5.12. The fourth-order valence-corrected chi connectivity index (χ4v) is 1.70. The van der Waals surface area contributed by atoms with E-state index < -0.39 is 0 Å². The highest BCUT2D eigenvalue weighted by Crippen LogP contribution is 2.30. The van der Waals surface area contributed by atoms with Gasteiger partial charge in [0, 0.05) is 23.2 Å². The zero-order valence-electron chi connectivity index (χ0n) is 11.4. The molecule has 0 spiro atoms. The van der Waals surface area contributed by atoms with Crippen LogP contribution in [0.3, 0.4) is 0 Å². The lowest BCUT2D eigenvalue weighted by molar-refractivity contribution is -0.117. The Hall–Kier alpha value is -1.84. The van der Waals surface area contributed by atoms with Crippen molar-refractivity contribution >= 4 is 17.5 Å². The quantitative estimate of drug-likeness (QED) is 0.854. The SMILES string of the molecule is CC[C@H](C)NC(=O)c1ccc(NC(=O)C2CC2)cc1. The van der Waals surface area contributed by atoms with Crippen LogP contribution >= 0.6 is 0 Å². The molecule has 1 aromatic carbocycles. The zero-order chi connectivity index (χ0) is 13.8. The first-order chi connectivity index (χ1) is 9.10. The second kappa shape index (κ2) is 5.87. The highest BCUT2D eigenvalue weighted by atomic mass is 16.2. The fourth-order valence-electron chi connectivity index (χ4n) is 1.70. The maximum Gasteiger partial charge on any atom is 0.251 e. The molecule has 0 aliphatic heterocycles. The van der Waals surface area contributed by atoms with Gasteiger partial charge in [-0.05, 0) is 50.5 Å². The van der Waals surface area contributed by atoms with Crippen LogP contribution in [-0.2, 0) is 4.79 Å². The summed E-state index contributed by atoms with van der Waals surface area (Å²) >= 11 is 0. The summed E-state index contributed by atoms with van der Waals surface area (Å²) in [6.07, 6.45) is 2.88. The number of benzene rings is 1. The van der Waals surface area contributed by atoms with Crippen LogP contribution in [0.2, 0.25) is 0 Å². The fraction of sp³-hybridized carbons (Fsp3) is 0.467. The summed E-state index contributed by atoms with van der Waals surface area (Å²) in [4.78, 5) is 23.5. The monoisotopic (exact) mass is 260 g/mol. The van der Waals surface area contributed by atoms with Crippen LogP contribution in [-0.4, -0.2) is 17.9 Å². The van der Waals surface area contributed by atoms with Crippen molar-refractivity contribution in [3.63, 3.8) is 0 Å². The summed E-state index contributed by atoms with van der Waals surface area (Å²) in [5.41, 5.74) is 1.36. The van der Waals surface area contributed by atoms with E-state index in [1.807, 2.05) is 13.8 Å². The van der Waals surface area contributed by atoms with E-state index in [0.29, 0.717) is 5.56 Å². The third-order valence-electron chi connectivity index (χ3n) is 3.35. The smallest absolute Gasteiger partial charge is 0.251 e. The molecule has 0 unspecified atom stereocenters. The predicted molar refractivity (Wildman–Crippen MR) is 75.0 cm³/mol. The van der Waals surface area contributed by atoms with Crippen molar-refractivity contribution in [3.05, 3.63) is 29.8 Å². The lowest BCUT2D eigenvalue weighted by Crippen LogP contribution is -2.31. The van der Waals surface area contributed by atoms with Crippen molar-refractivity contribution in [2.75, 3.05) is 5.32 Å². The molecule has 0 aromatic heterocycles. The molecule has 4 nitrogen and oxygen atoms in total. The molecule has 0 bridgehead atoms. The number of carbonyl (C=O) groups excluding carboxylic acids is 2. The van der Waals surface area contributed by atoms with Crippen LogP contribution in [0.25, 0.3) is 0 Å². The molecule has 1 fully saturated rings. The van der Waals surface area contributed by atoms with Crippen molar-refractivity contribution in [1.29, 1.82) is 0 Å². The number of hydrogen-bond acceptors (Lipinski definition) is 2. The molecule has 102 valence electrons. The first-order valence-corrected chi connectivity index (χ1v) is 6.82. The van der Waals surface area contributed by atoms with Crippen LogP contribution in [0.1, 0.15) is 43.5 Å². The van der Waals surface area contributed by atoms with Crippen molar-refractivity contribution in [3.8, 4) is 0 Å². The van der Waals surface area contributed by atoms with Gasteiger partial charge in [0.1, 0.15) is 0 Å². The average molecular weight is 260 g/mol. The van der Waals surface area contributed by atoms with Gasteiger partial charge in [-0.2, -0.15) is 0 Å². The summed E-state index contributed by atoms with van der Waals surface area (Å²) in [7, 11) is 0. The van der Waals surface area contributed by atoms with E-state index in [4.69, 9.17) is 0 Å². The van der Waals surface area contributed by atoms with Gasteiger partial charge in [-0.3, -0.25) is 9.59 Å². The average Bonchev–Trinajstić information content (AvgIpc) is 3.23. The molecule has 2 N–H and O–H groups in total. The van der Waals surface area contributed by atoms with E-state index in [-0.39, 0.29) is 23.8 Å². The van der Waals surface area contributed by atoms with E-state index in [1.165, 1.54) is 0 Å². The normalized spacial score (nSPS) is 15.7. The van der Waals surface area contributed by atoms with E-state index >= 15 is 0 Å². The Morgan fingerprint density at radius 1 is 1.26 bits per heavy atom. The number of amides is 2. The van der Waals surface area contributed by atoms with Gasteiger partial charge in [-0.25, -0.2) is 0 Å². The molecular weight excluding hydrogens is 240 g/mol. The third-order valence-corrected chi connectivity index (χ3v) is 3.35. The van der Waals surface area contributed by atoms with E-state index in [1.54, 1.807) is 24.3 Å². The van der Waals surface area contributed by atoms with E-state index in [9.17, 15) is 9.59 Å². The van der Waals surface area contributed by atoms with Gasteiger partial charge in [0.15, 0.2) is 0 Å². The summed E-state index contributed by atoms with van der Waals surface area (Å²) in [6, 6.07) is 7.18. The molecule has 1 aliphatic rings. The number of rotatable bonds is 5. The van der Waals surface area contributed by atoms with Crippen LogP contribution in [0, 0.1) is 5.92 Å². The van der Waals surface area contributed by atoms with Gasteiger partial charge in [-0.1, -0.05) is 6.92 Å². The standard InChI is InChI=1S/C15H20N2O2/c1-3-10(2)16-14(18)12-6-8-13(9-7-12)17-15(19)11-4-5-11/h6-11H,3-5H2,1-2H3,(H,16,18)(H,17,19)/t10-/m0/s1. The molecule has 1 aliphatic carbocycles. The van der Waals surface area contributed by atoms with Gasteiger partial charge in [0.2, 0.25) is 5.91 Å².